The molecule has 0 N–H and O–H groups in total. The van der Waals surface area contributed by atoms with Gasteiger partial charge in [0.05, 0.1) is 26.5 Å². The Labute approximate surface area is 178 Å². The van der Waals surface area contributed by atoms with Crippen molar-refractivity contribution in [3.05, 3.63) is 65.7 Å². The van der Waals surface area contributed by atoms with Crippen molar-refractivity contribution >= 4 is 17.7 Å². The van der Waals surface area contributed by atoms with Crippen molar-refractivity contribution in [1.29, 1.82) is 0 Å². The zero-order valence-corrected chi connectivity index (χ0v) is 17.6. The number of benzene rings is 2. The molecule has 2 aliphatic rings. The van der Waals surface area contributed by atoms with Gasteiger partial charge in [-0.3, -0.25) is 4.79 Å². The van der Waals surface area contributed by atoms with E-state index >= 15 is 0 Å². The summed E-state index contributed by atoms with van der Waals surface area (Å²) in [4.78, 5) is 13.1. The predicted molar refractivity (Wildman–Crippen MR) is 119 cm³/mol. The van der Waals surface area contributed by atoms with Crippen LogP contribution in [0.2, 0.25) is 0 Å². The summed E-state index contributed by atoms with van der Waals surface area (Å²) >= 11 is 0. The van der Waals surface area contributed by atoms with Gasteiger partial charge in [0.2, 0.25) is 5.91 Å². The summed E-state index contributed by atoms with van der Waals surface area (Å²) in [6.45, 7) is 0.466. The molecule has 0 aromatic heterocycles. The summed E-state index contributed by atoms with van der Waals surface area (Å²) in [5, 5.41) is 6.47. The predicted octanol–water partition coefficient (Wildman–Crippen LogP) is 4.77. The maximum Gasteiger partial charge on any atom is 0.246 e. The number of rotatable bonds is 6. The Bertz CT molecular complexity index is 952. The third kappa shape index (κ3) is 4.11. The van der Waals surface area contributed by atoms with Gasteiger partial charge in [-0.1, -0.05) is 55.3 Å². The molecule has 1 saturated carbocycles. The molecule has 0 unspecified atom stereocenters. The highest BCUT2D eigenvalue weighted by Crippen LogP contribution is 2.39. The summed E-state index contributed by atoms with van der Waals surface area (Å²) in [7, 11) is 3.27. The van der Waals surface area contributed by atoms with E-state index < -0.39 is 0 Å². The lowest BCUT2D eigenvalue weighted by Crippen LogP contribution is -2.46. The zero-order chi connectivity index (χ0) is 20.9. The summed E-state index contributed by atoms with van der Waals surface area (Å²) in [5.41, 5.74) is 3.09. The Balaban J connectivity index is 1.65. The fourth-order valence-electron chi connectivity index (χ4n) is 4.45. The van der Waals surface area contributed by atoms with E-state index in [4.69, 9.17) is 14.6 Å². The highest BCUT2D eigenvalue weighted by Gasteiger charge is 2.41. The van der Waals surface area contributed by atoms with Crippen LogP contribution in [0.15, 0.2) is 59.7 Å². The molecule has 0 saturated heterocycles. The van der Waals surface area contributed by atoms with Gasteiger partial charge in [0.25, 0.3) is 0 Å². The van der Waals surface area contributed by atoms with Gasteiger partial charge in [-0.05, 0) is 36.6 Å². The third-order valence-electron chi connectivity index (χ3n) is 5.98. The molecule has 1 aliphatic carbocycles. The van der Waals surface area contributed by atoms with Crippen LogP contribution >= 0.6 is 0 Å². The van der Waals surface area contributed by atoms with Crippen LogP contribution in [0.25, 0.3) is 6.08 Å². The third-order valence-corrected chi connectivity index (χ3v) is 5.98. The van der Waals surface area contributed by atoms with E-state index in [-0.39, 0.29) is 17.7 Å². The first-order valence-electron chi connectivity index (χ1n) is 10.5. The second kappa shape index (κ2) is 9.16. The van der Waals surface area contributed by atoms with Crippen LogP contribution in [-0.4, -0.2) is 37.4 Å². The van der Waals surface area contributed by atoms with Crippen molar-refractivity contribution in [3.8, 4) is 11.5 Å². The number of hydrogen-bond donors (Lipinski definition) is 0. The maximum absolute atomic E-state index is 13.1. The molecule has 0 spiro atoms. The van der Waals surface area contributed by atoms with E-state index in [0.717, 1.165) is 42.5 Å². The van der Waals surface area contributed by atoms with Gasteiger partial charge in [-0.25, -0.2) is 5.01 Å². The van der Waals surface area contributed by atoms with Crippen molar-refractivity contribution in [2.24, 2.45) is 16.9 Å². The topological polar surface area (TPSA) is 51.1 Å². The number of methoxy groups -OCH3 is 2. The number of carbonyl (C=O) groups is 1. The molecule has 1 aliphatic heterocycles. The molecule has 156 valence electrons. The Hall–Kier alpha value is -3.08. The van der Waals surface area contributed by atoms with Crippen molar-refractivity contribution < 1.29 is 14.3 Å². The Morgan fingerprint density at radius 3 is 2.47 bits per heavy atom. The number of carbonyl (C=O) groups excluding carboxylic acids is 1. The van der Waals surface area contributed by atoms with E-state index in [1.807, 2.05) is 60.7 Å². The summed E-state index contributed by atoms with van der Waals surface area (Å²) < 4.78 is 10.9. The molecule has 4 rings (SSSR count). The quantitative estimate of drug-likeness (QED) is 0.697. The van der Waals surface area contributed by atoms with Gasteiger partial charge in [0.15, 0.2) is 11.5 Å². The Kier molecular flexibility index (Phi) is 6.17. The van der Waals surface area contributed by atoms with Crippen LogP contribution in [0.4, 0.5) is 0 Å². The highest BCUT2D eigenvalue weighted by molar-refractivity contribution is 6.07. The summed E-state index contributed by atoms with van der Waals surface area (Å²) in [5.74, 6) is 1.68. The summed E-state index contributed by atoms with van der Waals surface area (Å²) in [6.07, 6.45) is 8.19. The van der Waals surface area contributed by atoms with Crippen LogP contribution in [-0.2, 0) is 4.79 Å². The first kappa shape index (κ1) is 20.2. The largest absolute Gasteiger partial charge is 0.493 e. The van der Waals surface area contributed by atoms with Crippen LogP contribution in [0.1, 0.15) is 36.8 Å². The maximum atomic E-state index is 13.1. The lowest BCUT2D eigenvalue weighted by Gasteiger charge is -2.38. The standard InChI is InChI=1S/C25H28N2O3/c1-29-22-15-14-19(17-23(22)30-2)24-20-12-6-7-13-21(20)25(28)27(26-24)16-8-11-18-9-4-3-5-10-18/h3-5,8-11,14-15,17,20-21H,6-7,12-13,16H2,1-2H3/t20-,21+/m0/s1. The molecule has 2 aromatic rings. The smallest absolute Gasteiger partial charge is 0.246 e. The normalized spacial score (nSPS) is 21.3. The van der Waals surface area contributed by atoms with E-state index in [2.05, 4.69) is 0 Å². The molecule has 2 aromatic carbocycles. The van der Waals surface area contributed by atoms with Gasteiger partial charge in [0.1, 0.15) is 0 Å². The first-order chi connectivity index (χ1) is 14.7. The van der Waals surface area contributed by atoms with Crippen LogP contribution < -0.4 is 9.47 Å². The average Bonchev–Trinajstić information content (AvgIpc) is 2.81. The fraction of sp³-hybridized carbons (Fsp3) is 0.360. The number of ether oxygens (including phenoxy) is 2. The minimum absolute atomic E-state index is 0.00414. The number of nitrogens with zero attached hydrogens (tertiary/aromatic N) is 2. The second-order valence-corrected chi connectivity index (χ2v) is 7.79. The molecule has 0 radical (unpaired) electrons. The van der Waals surface area contributed by atoms with Crippen molar-refractivity contribution in [2.75, 3.05) is 20.8 Å². The Morgan fingerprint density at radius 1 is 1.00 bits per heavy atom. The lowest BCUT2D eigenvalue weighted by molar-refractivity contribution is -0.138. The van der Waals surface area contributed by atoms with Gasteiger partial charge >= 0.3 is 0 Å². The molecule has 1 amide bonds. The first-order valence-corrected chi connectivity index (χ1v) is 10.5. The van der Waals surface area contributed by atoms with Crippen molar-refractivity contribution in [3.63, 3.8) is 0 Å². The van der Waals surface area contributed by atoms with Crippen molar-refractivity contribution in [1.82, 2.24) is 5.01 Å². The molecule has 30 heavy (non-hydrogen) atoms. The van der Waals surface area contributed by atoms with Gasteiger partial charge in [-0.2, -0.15) is 5.10 Å². The Morgan fingerprint density at radius 2 is 1.73 bits per heavy atom. The zero-order valence-electron chi connectivity index (χ0n) is 17.6. The van der Waals surface area contributed by atoms with E-state index in [1.165, 1.54) is 0 Å². The molecule has 1 heterocycles. The molecule has 5 nitrogen and oxygen atoms in total. The molecule has 0 bridgehead atoms. The number of hydrogen-bond acceptors (Lipinski definition) is 4. The van der Waals surface area contributed by atoms with E-state index in [9.17, 15) is 4.79 Å². The lowest BCUT2D eigenvalue weighted by atomic mass is 9.73. The van der Waals surface area contributed by atoms with Crippen LogP contribution in [0.3, 0.4) is 0 Å². The summed E-state index contributed by atoms with van der Waals surface area (Å²) in [6, 6.07) is 16.0. The average molecular weight is 405 g/mol. The highest BCUT2D eigenvalue weighted by atomic mass is 16.5. The molecule has 2 atom stereocenters. The number of hydrazone groups is 1. The molecular weight excluding hydrogens is 376 g/mol. The molecular formula is C25H28N2O3. The second-order valence-electron chi connectivity index (χ2n) is 7.79. The number of fused-ring (bicyclic) bond motifs is 1. The minimum atomic E-state index is 0.00414. The van der Waals surface area contributed by atoms with Gasteiger partial charge in [-0.15, -0.1) is 0 Å². The fourth-order valence-corrected chi connectivity index (χ4v) is 4.45. The molecule has 5 heteroatoms. The minimum Gasteiger partial charge on any atom is -0.493 e. The number of amides is 1. The van der Waals surface area contributed by atoms with Gasteiger partial charge < -0.3 is 9.47 Å². The van der Waals surface area contributed by atoms with E-state index in [1.54, 1.807) is 19.2 Å². The van der Waals surface area contributed by atoms with Crippen LogP contribution in [0.5, 0.6) is 11.5 Å². The van der Waals surface area contributed by atoms with Crippen molar-refractivity contribution in [2.45, 2.75) is 25.7 Å². The van der Waals surface area contributed by atoms with E-state index in [0.29, 0.717) is 18.0 Å². The molecule has 1 fully saturated rings. The SMILES string of the molecule is COc1ccc(C2=NN(CC=Cc3ccccc3)C(=O)[C@@H]3CCCC[C@H]23)cc1OC. The van der Waals surface area contributed by atoms with Crippen LogP contribution in [0, 0.1) is 11.8 Å². The monoisotopic (exact) mass is 404 g/mol. The van der Waals surface area contributed by atoms with Gasteiger partial charge in [0, 0.05) is 17.4 Å².